The average Bonchev–Trinajstić information content (AvgIpc) is 3.19. The number of tetrazole rings is 1. The highest BCUT2D eigenvalue weighted by Crippen LogP contribution is 2.26. The van der Waals surface area contributed by atoms with Crippen molar-refractivity contribution in [1.29, 1.82) is 0 Å². The van der Waals surface area contributed by atoms with Crippen LogP contribution in [-0.2, 0) is 6.54 Å². The molecule has 1 N–H and O–H groups in total. The van der Waals surface area contributed by atoms with Crippen LogP contribution in [0.5, 0.6) is 11.8 Å². The summed E-state index contributed by atoms with van der Waals surface area (Å²) in [6, 6.07) is 23.0. The van der Waals surface area contributed by atoms with Gasteiger partial charge in [0.2, 0.25) is 0 Å². The Morgan fingerprint density at radius 3 is 2.43 bits per heavy atom. The molecular formula is C20H15Cl2N5O. The lowest BCUT2D eigenvalue weighted by Gasteiger charge is -2.09. The number of hydrogen-bond acceptors (Lipinski definition) is 5. The first-order valence-electron chi connectivity index (χ1n) is 8.48. The number of nitrogens with one attached hydrogen (secondary N) is 1. The van der Waals surface area contributed by atoms with Crippen molar-refractivity contribution in [1.82, 2.24) is 20.2 Å². The molecule has 1 aromatic heterocycles. The third-order valence-electron chi connectivity index (χ3n) is 3.99. The van der Waals surface area contributed by atoms with Gasteiger partial charge in [-0.1, -0.05) is 58.6 Å². The molecule has 4 rings (SSSR count). The quantitative estimate of drug-likeness (QED) is 0.461. The summed E-state index contributed by atoms with van der Waals surface area (Å²) in [5, 5.41) is 16.0. The van der Waals surface area contributed by atoms with Crippen LogP contribution in [0.4, 0.5) is 5.69 Å². The van der Waals surface area contributed by atoms with E-state index >= 15 is 0 Å². The molecule has 3 aromatic carbocycles. The van der Waals surface area contributed by atoms with E-state index in [1.165, 1.54) is 0 Å². The molecule has 0 amide bonds. The maximum absolute atomic E-state index is 6.03. The second kappa shape index (κ2) is 8.29. The number of para-hydroxylation sites is 1. The number of benzene rings is 3. The molecule has 0 spiro atoms. The normalized spacial score (nSPS) is 10.6. The summed E-state index contributed by atoms with van der Waals surface area (Å²) < 4.78 is 7.37. The summed E-state index contributed by atoms with van der Waals surface area (Å²) >= 11 is 12.0. The van der Waals surface area contributed by atoms with E-state index in [0.717, 1.165) is 16.9 Å². The van der Waals surface area contributed by atoms with E-state index < -0.39 is 0 Å². The van der Waals surface area contributed by atoms with Crippen molar-refractivity contribution in [3.8, 4) is 17.4 Å². The molecule has 0 saturated heterocycles. The van der Waals surface area contributed by atoms with E-state index in [-0.39, 0.29) is 0 Å². The highest BCUT2D eigenvalue weighted by molar-refractivity contribution is 6.42. The Morgan fingerprint density at radius 1 is 0.893 bits per heavy atom. The van der Waals surface area contributed by atoms with Crippen molar-refractivity contribution in [2.45, 2.75) is 6.54 Å². The Hall–Kier alpha value is -3.09. The molecule has 0 atom stereocenters. The first-order valence-corrected chi connectivity index (χ1v) is 9.24. The average molecular weight is 412 g/mol. The van der Waals surface area contributed by atoms with E-state index in [9.17, 15) is 0 Å². The van der Waals surface area contributed by atoms with E-state index in [4.69, 9.17) is 27.9 Å². The second-order valence-corrected chi connectivity index (χ2v) is 6.75. The summed E-state index contributed by atoms with van der Waals surface area (Å²) in [5.41, 5.74) is 2.81. The van der Waals surface area contributed by atoms with Gasteiger partial charge in [-0.05, 0) is 58.5 Å². The van der Waals surface area contributed by atoms with Crippen molar-refractivity contribution in [2.75, 3.05) is 5.32 Å². The van der Waals surface area contributed by atoms with Gasteiger partial charge in [-0.25, -0.2) is 0 Å². The molecule has 28 heavy (non-hydrogen) atoms. The monoisotopic (exact) mass is 411 g/mol. The van der Waals surface area contributed by atoms with Crippen LogP contribution in [0.25, 0.3) is 5.69 Å². The van der Waals surface area contributed by atoms with Crippen molar-refractivity contribution in [3.63, 3.8) is 0 Å². The number of rotatable bonds is 6. The second-order valence-electron chi connectivity index (χ2n) is 5.94. The van der Waals surface area contributed by atoms with Crippen molar-refractivity contribution in [3.05, 3.63) is 88.4 Å². The Labute approximate surface area is 171 Å². The molecule has 0 fully saturated rings. The third-order valence-corrected chi connectivity index (χ3v) is 4.73. The highest BCUT2D eigenvalue weighted by Gasteiger charge is 2.10. The van der Waals surface area contributed by atoms with Gasteiger partial charge in [-0.3, -0.25) is 0 Å². The lowest BCUT2D eigenvalue weighted by molar-refractivity contribution is 0.427. The molecule has 0 aliphatic heterocycles. The molecule has 140 valence electrons. The van der Waals surface area contributed by atoms with E-state index in [1.54, 1.807) is 16.8 Å². The van der Waals surface area contributed by atoms with Crippen LogP contribution in [0.15, 0.2) is 72.8 Å². The fourth-order valence-electron chi connectivity index (χ4n) is 2.56. The van der Waals surface area contributed by atoms with Gasteiger partial charge in [0.25, 0.3) is 0 Å². The van der Waals surface area contributed by atoms with Crippen LogP contribution < -0.4 is 10.1 Å². The predicted molar refractivity (Wildman–Crippen MR) is 109 cm³/mol. The zero-order chi connectivity index (χ0) is 19.3. The van der Waals surface area contributed by atoms with Crippen molar-refractivity contribution in [2.24, 2.45) is 0 Å². The molecule has 0 unspecified atom stereocenters. The molecule has 0 aliphatic carbocycles. The fourth-order valence-corrected chi connectivity index (χ4v) is 2.86. The topological polar surface area (TPSA) is 64.9 Å². The van der Waals surface area contributed by atoms with Crippen LogP contribution >= 0.6 is 23.2 Å². The Bertz CT molecular complexity index is 1070. The van der Waals surface area contributed by atoms with Gasteiger partial charge in [-0.15, -0.1) is 0 Å². The van der Waals surface area contributed by atoms with Gasteiger partial charge in [0.15, 0.2) is 0 Å². The maximum atomic E-state index is 6.03. The minimum absolute atomic E-state index is 0.299. The van der Waals surface area contributed by atoms with Crippen LogP contribution in [0.2, 0.25) is 10.0 Å². The Balaban J connectivity index is 1.42. The minimum Gasteiger partial charge on any atom is -0.423 e. The summed E-state index contributed by atoms with van der Waals surface area (Å²) in [6.07, 6.45) is 0. The molecule has 6 nitrogen and oxygen atoms in total. The van der Waals surface area contributed by atoms with Gasteiger partial charge < -0.3 is 10.1 Å². The molecule has 0 radical (unpaired) electrons. The SMILES string of the molecule is Clc1ccc(NCc2ccc(Oc3nnnn3-c3ccccc3)cc2)cc1Cl. The first-order chi connectivity index (χ1) is 13.7. The zero-order valence-corrected chi connectivity index (χ0v) is 16.1. The van der Waals surface area contributed by atoms with Crippen LogP contribution in [-0.4, -0.2) is 20.2 Å². The summed E-state index contributed by atoms with van der Waals surface area (Å²) in [5.74, 6) is 0.644. The third kappa shape index (κ3) is 4.24. The number of anilines is 1. The van der Waals surface area contributed by atoms with Crippen LogP contribution in [0.3, 0.4) is 0 Å². The van der Waals surface area contributed by atoms with E-state index in [2.05, 4.69) is 20.8 Å². The Morgan fingerprint density at radius 2 is 1.68 bits per heavy atom. The molecule has 0 bridgehead atoms. The summed E-state index contributed by atoms with van der Waals surface area (Å²) in [6.45, 7) is 0.639. The number of ether oxygens (including phenoxy) is 1. The van der Waals surface area contributed by atoms with Gasteiger partial charge in [0.05, 0.1) is 15.7 Å². The van der Waals surface area contributed by atoms with Crippen LogP contribution in [0, 0.1) is 0 Å². The molecule has 0 saturated carbocycles. The van der Waals surface area contributed by atoms with Gasteiger partial charge in [-0.2, -0.15) is 4.68 Å². The van der Waals surface area contributed by atoms with Gasteiger partial charge in [0, 0.05) is 12.2 Å². The predicted octanol–water partition coefficient (Wildman–Crippen LogP) is 5.37. The molecule has 4 aromatic rings. The number of halogens is 2. The lowest BCUT2D eigenvalue weighted by Crippen LogP contribution is -2.01. The molecule has 1 heterocycles. The number of aromatic nitrogens is 4. The first kappa shape index (κ1) is 18.3. The summed E-state index contributed by atoms with van der Waals surface area (Å²) in [7, 11) is 0. The summed E-state index contributed by atoms with van der Waals surface area (Å²) in [4.78, 5) is 0. The van der Waals surface area contributed by atoms with E-state index in [1.807, 2.05) is 60.7 Å². The van der Waals surface area contributed by atoms with Crippen molar-refractivity contribution < 1.29 is 4.74 Å². The van der Waals surface area contributed by atoms with Crippen molar-refractivity contribution >= 4 is 28.9 Å². The number of nitrogens with zero attached hydrogens (tertiary/aromatic N) is 4. The smallest absolute Gasteiger partial charge is 0.345 e. The van der Waals surface area contributed by atoms with Gasteiger partial charge >= 0.3 is 6.01 Å². The lowest BCUT2D eigenvalue weighted by atomic mass is 10.2. The maximum Gasteiger partial charge on any atom is 0.345 e. The zero-order valence-electron chi connectivity index (χ0n) is 14.6. The number of hydrogen-bond donors (Lipinski definition) is 1. The Kier molecular flexibility index (Phi) is 5.41. The van der Waals surface area contributed by atoms with Crippen LogP contribution in [0.1, 0.15) is 5.56 Å². The van der Waals surface area contributed by atoms with E-state index in [0.29, 0.717) is 28.3 Å². The molecule has 8 heteroatoms. The molecule has 0 aliphatic rings. The van der Waals surface area contributed by atoms with Gasteiger partial charge in [0.1, 0.15) is 5.75 Å². The largest absolute Gasteiger partial charge is 0.423 e. The molecular weight excluding hydrogens is 397 g/mol. The fraction of sp³-hybridized carbons (Fsp3) is 0.0500. The standard InChI is InChI=1S/C20H15Cl2N5O/c21-18-11-8-15(12-19(18)22)23-13-14-6-9-17(10-7-14)28-20-24-25-26-27(20)16-4-2-1-3-5-16/h1-12,23H,13H2. The highest BCUT2D eigenvalue weighted by atomic mass is 35.5. The minimum atomic E-state index is 0.299.